The van der Waals surface area contributed by atoms with Crippen molar-refractivity contribution in [2.45, 2.75) is 24.4 Å². The first-order chi connectivity index (χ1) is 16.8. The van der Waals surface area contributed by atoms with Gasteiger partial charge in [0.2, 0.25) is 0 Å². The van der Waals surface area contributed by atoms with Gasteiger partial charge in [0.25, 0.3) is 0 Å². The molecule has 0 saturated carbocycles. The third-order valence-electron chi connectivity index (χ3n) is 6.69. The zero-order chi connectivity index (χ0) is 22.9. The van der Waals surface area contributed by atoms with Gasteiger partial charge in [-0.3, -0.25) is 0 Å². The first kappa shape index (κ1) is 21.1. The van der Waals surface area contributed by atoms with Crippen molar-refractivity contribution in [3.8, 4) is 22.4 Å². The summed E-state index contributed by atoms with van der Waals surface area (Å²) in [4.78, 5) is 17.5. The first-order valence-electron chi connectivity index (χ1n) is 11.6. The lowest BCUT2D eigenvalue weighted by molar-refractivity contribution is 0.139. The van der Waals surface area contributed by atoms with E-state index in [4.69, 9.17) is 9.72 Å². The summed E-state index contributed by atoms with van der Waals surface area (Å²) in [6.45, 7) is 1.03. The molecule has 2 atom stereocenters. The second kappa shape index (κ2) is 9.05. The number of carbonyl (C=O) groups is 1. The van der Waals surface area contributed by atoms with Gasteiger partial charge in [-0.25, -0.2) is 9.78 Å². The Kier molecular flexibility index (Phi) is 5.61. The molecule has 2 N–H and O–H groups in total. The Morgan fingerprint density at radius 3 is 2.38 bits per heavy atom. The van der Waals surface area contributed by atoms with Crippen LogP contribution in [-0.4, -0.2) is 30.3 Å². The first-order valence-corrected chi connectivity index (χ1v) is 12.5. The summed E-state index contributed by atoms with van der Waals surface area (Å²) in [5.41, 5.74) is 7.02. The molecule has 4 aromatic rings. The molecule has 2 aliphatic rings. The smallest absolute Gasteiger partial charge is 0.407 e. The minimum atomic E-state index is -0.363. The van der Waals surface area contributed by atoms with Gasteiger partial charge < -0.3 is 15.4 Å². The summed E-state index contributed by atoms with van der Waals surface area (Å²) in [6, 6.07) is 27.1. The van der Waals surface area contributed by atoms with Crippen molar-refractivity contribution in [3.63, 3.8) is 0 Å². The molecule has 1 aliphatic carbocycles. The number of benzene rings is 3. The lowest BCUT2D eigenvalue weighted by atomic mass is 9.98. The molecule has 5 nitrogen and oxygen atoms in total. The number of ether oxygens (including phenoxy) is 1. The second-order valence-corrected chi connectivity index (χ2v) is 9.69. The summed E-state index contributed by atoms with van der Waals surface area (Å²) in [5, 5.41) is 9.68. The predicted octanol–water partition coefficient (Wildman–Crippen LogP) is 5.75. The fourth-order valence-electron chi connectivity index (χ4n) is 5.03. The topological polar surface area (TPSA) is 63.2 Å². The minimum Gasteiger partial charge on any atom is -0.449 e. The highest BCUT2D eigenvalue weighted by molar-refractivity contribution is 7.10. The molecule has 3 aromatic carbocycles. The van der Waals surface area contributed by atoms with Gasteiger partial charge in [0.1, 0.15) is 11.6 Å². The van der Waals surface area contributed by atoms with Crippen LogP contribution in [0.4, 0.5) is 4.79 Å². The largest absolute Gasteiger partial charge is 0.449 e. The van der Waals surface area contributed by atoms with Gasteiger partial charge in [-0.05, 0) is 28.7 Å². The molecule has 1 aromatic heterocycles. The Hall–Kier alpha value is -3.48. The van der Waals surface area contributed by atoms with Crippen molar-refractivity contribution in [1.82, 2.24) is 15.6 Å². The SMILES string of the molecule is O=C(N[C@@H]1CN[C@H](c2nc(-c3ccccc3)cs2)C1)OCC1c2ccccc2-c2ccccc21. The summed E-state index contributed by atoms with van der Waals surface area (Å²) in [6.07, 6.45) is 0.435. The maximum Gasteiger partial charge on any atom is 0.407 e. The molecule has 0 bridgehead atoms. The average molecular weight is 468 g/mol. The number of carbonyl (C=O) groups excluding carboxylic acids is 1. The van der Waals surface area contributed by atoms with E-state index in [1.807, 2.05) is 30.3 Å². The number of nitrogens with one attached hydrogen (secondary N) is 2. The molecule has 1 aliphatic heterocycles. The Morgan fingerprint density at radius 1 is 0.971 bits per heavy atom. The number of hydrogen-bond donors (Lipinski definition) is 2. The van der Waals surface area contributed by atoms with Gasteiger partial charge in [0, 0.05) is 29.4 Å². The molecular weight excluding hydrogens is 442 g/mol. The van der Waals surface area contributed by atoms with E-state index in [2.05, 4.69) is 64.5 Å². The lowest BCUT2D eigenvalue weighted by Gasteiger charge is -2.16. The van der Waals surface area contributed by atoms with E-state index >= 15 is 0 Å². The molecule has 34 heavy (non-hydrogen) atoms. The van der Waals surface area contributed by atoms with Crippen molar-refractivity contribution in [2.24, 2.45) is 0 Å². The molecule has 6 heteroatoms. The zero-order valence-electron chi connectivity index (χ0n) is 18.6. The van der Waals surface area contributed by atoms with Crippen LogP contribution in [0.2, 0.25) is 0 Å². The van der Waals surface area contributed by atoms with E-state index < -0.39 is 0 Å². The van der Waals surface area contributed by atoms with Crippen molar-refractivity contribution < 1.29 is 9.53 Å². The maximum absolute atomic E-state index is 12.6. The van der Waals surface area contributed by atoms with Gasteiger partial charge in [-0.15, -0.1) is 11.3 Å². The number of hydrogen-bond acceptors (Lipinski definition) is 5. The Bertz CT molecular complexity index is 1270. The quantitative estimate of drug-likeness (QED) is 0.392. The van der Waals surface area contributed by atoms with Crippen LogP contribution in [0.15, 0.2) is 84.2 Å². The number of fused-ring (bicyclic) bond motifs is 3. The van der Waals surface area contributed by atoms with Crippen LogP contribution in [0.1, 0.15) is 34.5 Å². The molecular formula is C28H25N3O2S. The molecule has 170 valence electrons. The molecule has 0 radical (unpaired) electrons. The van der Waals surface area contributed by atoms with Gasteiger partial charge in [-0.2, -0.15) is 0 Å². The van der Waals surface area contributed by atoms with Crippen LogP contribution in [-0.2, 0) is 4.74 Å². The summed E-state index contributed by atoms with van der Waals surface area (Å²) in [5.74, 6) is 0.0688. The standard InChI is InChI=1S/C28H25N3O2S/c32-28(33-16-24-22-12-6-4-10-20(22)21-11-5-7-13-23(21)24)30-19-14-25(29-15-19)27-31-26(17-34-27)18-8-2-1-3-9-18/h1-13,17,19,24-25,29H,14-16H2,(H,30,32)/t19-,25-/m0/s1. The highest BCUT2D eigenvalue weighted by Crippen LogP contribution is 2.44. The molecule has 6 rings (SSSR count). The number of thiazole rings is 1. The third-order valence-corrected chi connectivity index (χ3v) is 7.64. The Labute approximate surface area is 202 Å². The zero-order valence-corrected chi connectivity index (χ0v) is 19.4. The summed E-state index contributed by atoms with van der Waals surface area (Å²) in [7, 11) is 0. The monoisotopic (exact) mass is 467 g/mol. The van der Waals surface area contributed by atoms with E-state index in [0.29, 0.717) is 13.2 Å². The highest BCUT2D eigenvalue weighted by atomic mass is 32.1. The van der Waals surface area contributed by atoms with Crippen LogP contribution < -0.4 is 10.6 Å². The average Bonchev–Trinajstić information content (AvgIpc) is 3.61. The molecule has 2 heterocycles. The molecule has 1 fully saturated rings. The molecule has 0 spiro atoms. The number of alkyl carbamates (subject to hydrolysis) is 1. The van der Waals surface area contributed by atoms with Gasteiger partial charge in [0.15, 0.2) is 0 Å². The van der Waals surface area contributed by atoms with Gasteiger partial charge in [-0.1, -0.05) is 78.9 Å². The Balaban J connectivity index is 1.06. The van der Waals surface area contributed by atoms with E-state index in [-0.39, 0.29) is 24.1 Å². The fourth-order valence-corrected chi connectivity index (χ4v) is 5.95. The van der Waals surface area contributed by atoms with Gasteiger partial charge >= 0.3 is 6.09 Å². The fraction of sp³-hybridized carbons (Fsp3) is 0.214. The number of nitrogens with zero attached hydrogens (tertiary/aromatic N) is 1. The van der Waals surface area contributed by atoms with Gasteiger partial charge in [0.05, 0.1) is 11.7 Å². The third kappa shape index (κ3) is 4.00. The normalized spacial score (nSPS) is 18.9. The summed E-state index contributed by atoms with van der Waals surface area (Å²) < 4.78 is 5.71. The van der Waals surface area contributed by atoms with E-state index in [1.54, 1.807) is 11.3 Å². The summed E-state index contributed by atoms with van der Waals surface area (Å²) >= 11 is 1.66. The number of aromatic nitrogens is 1. The second-order valence-electron chi connectivity index (χ2n) is 8.80. The van der Waals surface area contributed by atoms with E-state index in [9.17, 15) is 4.79 Å². The van der Waals surface area contributed by atoms with Crippen molar-refractivity contribution in [2.75, 3.05) is 13.2 Å². The molecule has 1 saturated heterocycles. The maximum atomic E-state index is 12.6. The van der Waals surface area contributed by atoms with Crippen molar-refractivity contribution in [1.29, 1.82) is 0 Å². The van der Waals surface area contributed by atoms with E-state index in [1.165, 1.54) is 22.3 Å². The highest BCUT2D eigenvalue weighted by Gasteiger charge is 2.31. The number of amides is 1. The van der Waals surface area contributed by atoms with Crippen LogP contribution in [0.25, 0.3) is 22.4 Å². The molecule has 1 amide bonds. The van der Waals surface area contributed by atoms with Crippen LogP contribution in [0, 0.1) is 0 Å². The van der Waals surface area contributed by atoms with Crippen LogP contribution in [0.5, 0.6) is 0 Å². The van der Waals surface area contributed by atoms with Crippen LogP contribution in [0.3, 0.4) is 0 Å². The number of rotatable bonds is 5. The molecule has 0 unspecified atom stereocenters. The Morgan fingerprint density at radius 2 is 1.65 bits per heavy atom. The van der Waals surface area contributed by atoms with Crippen molar-refractivity contribution in [3.05, 3.63) is 100 Å². The van der Waals surface area contributed by atoms with Crippen molar-refractivity contribution >= 4 is 17.4 Å². The predicted molar refractivity (Wildman–Crippen MR) is 135 cm³/mol. The lowest BCUT2D eigenvalue weighted by Crippen LogP contribution is -2.37. The minimum absolute atomic E-state index is 0.0183. The van der Waals surface area contributed by atoms with E-state index in [0.717, 1.165) is 22.7 Å². The van der Waals surface area contributed by atoms with Crippen LogP contribution >= 0.6 is 11.3 Å².